The quantitative estimate of drug-likeness (QED) is 0.536. The van der Waals surface area contributed by atoms with Crippen molar-refractivity contribution in [3.8, 4) is 0 Å². The van der Waals surface area contributed by atoms with Crippen molar-refractivity contribution >= 4 is 28.2 Å². The molecule has 2 aromatic rings. The van der Waals surface area contributed by atoms with E-state index in [1.807, 2.05) is 30.9 Å². The molecule has 1 aromatic carbocycles. The molecule has 0 radical (unpaired) electrons. The number of carbonyl (C=O) groups excluding carboxylic acids is 1. The van der Waals surface area contributed by atoms with Gasteiger partial charge in [-0.3, -0.25) is 9.69 Å². The SMILES string of the molecule is C/C(C=NNC(=O)CN1CCN(S(=O)(=O)c2ccc(C)cc2)CC1)=C\c1ccco1. The lowest BCUT2D eigenvalue weighted by atomic mass is 10.2. The van der Waals surface area contributed by atoms with Gasteiger partial charge in [0.15, 0.2) is 0 Å². The first-order valence-electron chi connectivity index (χ1n) is 9.67. The van der Waals surface area contributed by atoms with Gasteiger partial charge in [-0.2, -0.15) is 9.41 Å². The molecule has 160 valence electrons. The van der Waals surface area contributed by atoms with Gasteiger partial charge in [0.05, 0.1) is 23.9 Å². The van der Waals surface area contributed by atoms with E-state index in [0.717, 1.165) is 11.1 Å². The van der Waals surface area contributed by atoms with E-state index in [9.17, 15) is 13.2 Å². The Morgan fingerprint density at radius 1 is 1.17 bits per heavy atom. The van der Waals surface area contributed by atoms with Crippen LogP contribution in [0.1, 0.15) is 18.2 Å². The molecular formula is C21H26N4O4S. The maximum atomic E-state index is 12.7. The van der Waals surface area contributed by atoms with Gasteiger partial charge in [-0.05, 0) is 49.8 Å². The first-order valence-corrected chi connectivity index (χ1v) is 11.1. The van der Waals surface area contributed by atoms with Crippen LogP contribution in [0.3, 0.4) is 0 Å². The molecule has 2 heterocycles. The second-order valence-corrected chi connectivity index (χ2v) is 9.13. The fraction of sp³-hybridized carbons (Fsp3) is 0.333. The smallest absolute Gasteiger partial charge is 0.254 e. The summed E-state index contributed by atoms with van der Waals surface area (Å²) in [4.78, 5) is 14.3. The van der Waals surface area contributed by atoms with Gasteiger partial charge in [-0.1, -0.05) is 17.7 Å². The number of nitrogens with zero attached hydrogens (tertiary/aromatic N) is 3. The Bertz CT molecular complexity index is 1000. The number of benzene rings is 1. The maximum absolute atomic E-state index is 12.7. The van der Waals surface area contributed by atoms with Crippen molar-refractivity contribution in [2.45, 2.75) is 18.7 Å². The molecule has 30 heavy (non-hydrogen) atoms. The van der Waals surface area contributed by atoms with Crippen LogP contribution in [-0.2, 0) is 14.8 Å². The van der Waals surface area contributed by atoms with Gasteiger partial charge in [0.1, 0.15) is 5.76 Å². The molecule has 0 spiro atoms. The number of aryl methyl sites for hydroxylation is 1. The van der Waals surface area contributed by atoms with Gasteiger partial charge in [0, 0.05) is 26.2 Å². The molecule has 0 unspecified atom stereocenters. The Hall–Kier alpha value is -2.75. The van der Waals surface area contributed by atoms with Crippen LogP contribution >= 0.6 is 0 Å². The number of hydrazone groups is 1. The predicted octanol–water partition coefficient (Wildman–Crippen LogP) is 2.10. The molecule has 1 fully saturated rings. The summed E-state index contributed by atoms with van der Waals surface area (Å²) < 4.78 is 32.2. The summed E-state index contributed by atoms with van der Waals surface area (Å²) in [6, 6.07) is 10.5. The summed E-state index contributed by atoms with van der Waals surface area (Å²) in [5.74, 6) is 0.468. The van der Waals surface area contributed by atoms with Crippen LogP contribution in [-0.4, -0.2) is 62.5 Å². The minimum absolute atomic E-state index is 0.163. The average molecular weight is 431 g/mol. The van der Waals surface area contributed by atoms with Gasteiger partial charge in [-0.15, -0.1) is 0 Å². The third kappa shape index (κ3) is 5.88. The highest BCUT2D eigenvalue weighted by atomic mass is 32.2. The summed E-state index contributed by atoms with van der Waals surface area (Å²) in [5, 5.41) is 3.95. The minimum Gasteiger partial charge on any atom is -0.465 e. The number of furan rings is 1. The van der Waals surface area contributed by atoms with Crippen LogP contribution in [0.5, 0.6) is 0 Å². The van der Waals surface area contributed by atoms with Crippen molar-refractivity contribution in [3.05, 3.63) is 59.6 Å². The zero-order chi connectivity index (χ0) is 21.6. The average Bonchev–Trinajstić information content (AvgIpc) is 3.21. The zero-order valence-electron chi connectivity index (χ0n) is 17.1. The summed E-state index contributed by atoms with van der Waals surface area (Å²) in [5.41, 5.74) is 4.35. The number of rotatable bonds is 7. The third-order valence-electron chi connectivity index (χ3n) is 4.73. The molecule has 1 aromatic heterocycles. The lowest BCUT2D eigenvalue weighted by Gasteiger charge is -2.33. The second kappa shape index (κ2) is 9.84. The van der Waals surface area contributed by atoms with Crippen LogP contribution < -0.4 is 5.43 Å². The number of hydrogen-bond acceptors (Lipinski definition) is 6. The molecule has 0 atom stereocenters. The van der Waals surface area contributed by atoms with Gasteiger partial charge in [0.2, 0.25) is 10.0 Å². The molecule has 1 saturated heterocycles. The number of nitrogens with one attached hydrogen (secondary N) is 1. The molecule has 1 N–H and O–H groups in total. The number of sulfonamides is 1. The van der Waals surface area contributed by atoms with Crippen LogP contribution in [0.2, 0.25) is 0 Å². The Morgan fingerprint density at radius 3 is 2.50 bits per heavy atom. The highest BCUT2D eigenvalue weighted by Crippen LogP contribution is 2.18. The Labute approximate surface area is 176 Å². The standard InChI is InChI=1S/C21H26N4O4S/c1-17-5-7-20(8-6-17)30(27,28)25-11-9-24(10-12-25)16-21(26)23-22-15-18(2)14-19-4-3-13-29-19/h3-8,13-15H,9-12,16H2,1-2H3,(H,23,26)/b18-14+,22-15?. The van der Waals surface area contributed by atoms with Crippen LogP contribution in [0, 0.1) is 6.92 Å². The van der Waals surface area contributed by atoms with Gasteiger partial charge < -0.3 is 4.42 Å². The molecule has 0 aliphatic carbocycles. The fourth-order valence-electron chi connectivity index (χ4n) is 3.07. The Balaban J connectivity index is 1.45. The van der Waals surface area contributed by atoms with E-state index in [2.05, 4.69) is 10.5 Å². The van der Waals surface area contributed by atoms with Gasteiger partial charge in [-0.25, -0.2) is 13.8 Å². The molecule has 9 heteroatoms. The largest absolute Gasteiger partial charge is 0.465 e. The first-order chi connectivity index (χ1) is 14.3. The molecular weight excluding hydrogens is 404 g/mol. The Morgan fingerprint density at radius 2 is 1.87 bits per heavy atom. The van der Waals surface area contributed by atoms with Crippen molar-refractivity contribution in [2.24, 2.45) is 5.10 Å². The molecule has 0 bridgehead atoms. The van der Waals surface area contributed by atoms with Crippen molar-refractivity contribution in [3.63, 3.8) is 0 Å². The highest BCUT2D eigenvalue weighted by Gasteiger charge is 2.28. The van der Waals surface area contributed by atoms with Crippen LogP contribution in [0.15, 0.2) is 62.6 Å². The highest BCUT2D eigenvalue weighted by molar-refractivity contribution is 7.89. The van der Waals surface area contributed by atoms with Gasteiger partial charge in [0.25, 0.3) is 5.91 Å². The van der Waals surface area contributed by atoms with Crippen LogP contribution in [0.4, 0.5) is 0 Å². The number of allylic oxidation sites excluding steroid dienone is 1. The Kier molecular flexibility index (Phi) is 7.20. The summed E-state index contributed by atoms with van der Waals surface area (Å²) in [7, 11) is -3.51. The lowest BCUT2D eigenvalue weighted by molar-refractivity contribution is -0.122. The minimum atomic E-state index is -3.51. The number of carbonyl (C=O) groups is 1. The number of piperazine rings is 1. The van der Waals surface area contributed by atoms with Crippen molar-refractivity contribution < 1.29 is 17.6 Å². The van der Waals surface area contributed by atoms with E-state index in [4.69, 9.17) is 4.42 Å². The lowest BCUT2D eigenvalue weighted by Crippen LogP contribution is -2.50. The van der Waals surface area contributed by atoms with E-state index < -0.39 is 10.0 Å². The van der Waals surface area contributed by atoms with Crippen molar-refractivity contribution in [1.29, 1.82) is 0 Å². The van der Waals surface area contributed by atoms with E-state index in [-0.39, 0.29) is 12.5 Å². The molecule has 1 aliphatic rings. The molecule has 8 nitrogen and oxygen atoms in total. The second-order valence-electron chi connectivity index (χ2n) is 7.19. The molecule has 0 saturated carbocycles. The monoisotopic (exact) mass is 430 g/mol. The molecule has 1 aliphatic heterocycles. The maximum Gasteiger partial charge on any atom is 0.254 e. The third-order valence-corrected chi connectivity index (χ3v) is 6.64. The predicted molar refractivity (Wildman–Crippen MR) is 115 cm³/mol. The summed E-state index contributed by atoms with van der Waals surface area (Å²) >= 11 is 0. The summed E-state index contributed by atoms with van der Waals surface area (Å²) in [6.45, 7) is 5.60. The molecule has 3 rings (SSSR count). The van der Waals surface area contributed by atoms with Crippen molar-refractivity contribution in [2.75, 3.05) is 32.7 Å². The topological polar surface area (TPSA) is 95.2 Å². The number of amides is 1. The normalized spacial score (nSPS) is 16.8. The van der Waals surface area contributed by atoms with E-state index in [1.54, 1.807) is 42.8 Å². The first kappa shape index (κ1) is 21.9. The van der Waals surface area contributed by atoms with Crippen LogP contribution in [0.25, 0.3) is 6.08 Å². The zero-order valence-corrected chi connectivity index (χ0v) is 17.9. The molecule has 1 amide bonds. The number of hydrogen-bond donors (Lipinski definition) is 1. The van der Waals surface area contributed by atoms with E-state index >= 15 is 0 Å². The van der Waals surface area contributed by atoms with Gasteiger partial charge >= 0.3 is 0 Å². The van der Waals surface area contributed by atoms with E-state index in [1.165, 1.54) is 4.31 Å². The fourth-order valence-corrected chi connectivity index (χ4v) is 4.49. The summed E-state index contributed by atoms with van der Waals surface area (Å²) in [6.07, 6.45) is 4.94. The van der Waals surface area contributed by atoms with E-state index in [0.29, 0.717) is 36.8 Å². The van der Waals surface area contributed by atoms with Crippen molar-refractivity contribution in [1.82, 2.24) is 14.6 Å².